The van der Waals surface area contributed by atoms with E-state index >= 15 is 0 Å². The summed E-state index contributed by atoms with van der Waals surface area (Å²) < 4.78 is 47.4. The summed E-state index contributed by atoms with van der Waals surface area (Å²) in [5.41, 5.74) is -2.29. The lowest BCUT2D eigenvalue weighted by atomic mass is 10.0. The second kappa shape index (κ2) is 9.01. The zero-order valence-electron chi connectivity index (χ0n) is 17.9. The van der Waals surface area contributed by atoms with Crippen LogP contribution in [-0.2, 0) is 10.9 Å². The van der Waals surface area contributed by atoms with Gasteiger partial charge in [-0.1, -0.05) is 17.7 Å². The molecule has 2 amide bonds. The van der Waals surface area contributed by atoms with Crippen LogP contribution in [0.5, 0.6) is 0 Å². The molecule has 0 bridgehead atoms. The van der Waals surface area contributed by atoms with E-state index in [2.05, 4.69) is 10.4 Å². The van der Waals surface area contributed by atoms with Crippen molar-refractivity contribution < 1.29 is 27.5 Å². The summed E-state index contributed by atoms with van der Waals surface area (Å²) in [6.07, 6.45) is -3.58. The van der Waals surface area contributed by atoms with Crippen LogP contribution >= 0.6 is 11.6 Å². The highest BCUT2D eigenvalue weighted by molar-refractivity contribution is 6.30. The molecule has 0 saturated carbocycles. The fraction of sp³-hybridized carbons (Fsp3) is 0.476. The molecule has 1 saturated heterocycles. The number of nitrogens with one attached hydrogen (secondary N) is 1. The highest BCUT2D eigenvalue weighted by Gasteiger charge is 2.41. The van der Waals surface area contributed by atoms with Gasteiger partial charge in [-0.05, 0) is 51.8 Å². The van der Waals surface area contributed by atoms with Crippen LogP contribution in [0.3, 0.4) is 0 Å². The SMILES string of the molecule is CC(C)(C)OC(=O)N1CCC(NC(=O)c2cnn(-c3cccc(Cl)c3)c2C(F)(F)F)CC1. The maximum atomic E-state index is 13.8. The summed E-state index contributed by atoms with van der Waals surface area (Å²) in [6.45, 7) is 5.94. The van der Waals surface area contributed by atoms with Crippen LogP contribution in [0.2, 0.25) is 5.02 Å². The molecule has 0 spiro atoms. The molecule has 32 heavy (non-hydrogen) atoms. The molecule has 1 aromatic carbocycles. The van der Waals surface area contributed by atoms with Gasteiger partial charge in [-0.15, -0.1) is 0 Å². The van der Waals surface area contributed by atoms with Crippen LogP contribution in [0.4, 0.5) is 18.0 Å². The Bertz CT molecular complexity index is 993. The summed E-state index contributed by atoms with van der Waals surface area (Å²) in [6, 6.07) is 5.40. The molecule has 1 aliphatic rings. The molecule has 2 aromatic rings. The van der Waals surface area contributed by atoms with Gasteiger partial charge >= 0.3 is 12.3 Å². The molecular formula is C21H24ClF3N4O3. The third-order valence-electron chi connectivity index (χ3n) is 4.82. The van der Waals surface area contributed by atoms with E-state index in [1.165, 1.54) is 29.2 Å². The normalized spacial score (nSPS) is 15.5. The number of hydrogen-bond acceptors (Lipinski definition) is 4. The molecule has 1 aliphatic heterocycles. The van der Waals surface area contributed by atoms with Crippen molar-refractivity contribution in [2.45, 2.75) is 51.4 Å². The van der Waals surface area contributed by atoms with Gasteiger partial charge < -0.3 is 15.0 Å². The predicted octanol–water partition coefficient (Wildman–Crippen LogP) is 4.67. The Morgan fingerprint density at radius 1 is 1.19 bits per heavy atom. The Hall–Kier alpha value is -2.75. The van der Waals surface area contributed by atoms with Crippen LogP contribution < -0.4 is 5.32 Å². The Morgan fingerprint density at radius 3 is 2.41 bits per heavy atom. The molecule has 174 valence electrons. The van der Waals surface area contributed by atoms with Gasteiger partial charge in [0.15, 0.2) is 5.69 Å². The van der Waals surface area contributed by atoms with Crippen molar-refractivity contribution in [1.29, 1.82) is 0 Å². The van der Waals surface area contributed by atoms with Crippen molar-refractivity contribution in [3.05, 3.63) is 46.7 Å². The molecular weight excluding hydrogens is 449 g/mol. The van der Waals surface area contributed by atoms with Crippen LogP contribution in [-0.4, -0.2) is 51.4 Å². The summed E-state index contributed by atoms with van der Waals surface area (Å²) in [5.74, 6) is -0.874. The maximum Gasteiger partial charge on any atom is 0.434 e. The van der Waals surface area contributed by atoms with Crippen molar-refractivity contribution >= 4 is 23.6 Å². The molecule has 1 N–H and O–H groups in total. The average Bonchev–Trinajstić information content (AvgIpc) is 3.13. The fourth-order valence-electron chi connectivity index (χ4n) is 3.39. The number of carbonyl (C=O) groups is 2. The number of ether oxygens (including phenoxy) is 1. The van der Waals surface area contributed by atoms with Gasteiger partial charge in [-0.25, -0.2) is 9.48 Å². The number of hydrogen-bond donors (Lipinski definition) is 1. The number of carbonyl (C=O) groups excluding carboxylic acids is 2. The Morgan fingerprint density at radius 2 is 1.84 bits per heavy atom. The van der Waals surface area contributed by atoms with Gasteiger partial charge in [0.25, 0.3) is 5.91 Å². The van der Waals surface area contributed by atoms with Crippen LogP contribution in [0.15, 0.2) is 30.5 Å². The van der Waals surface area contributed by atoms with Crippen molar-refractivity contribution in [3.8, 4) is 5.69 Å². The number of rotatable bonds is 3. The smallest absolute Gasteiger partial charge is 0.434 e. The minimum absolute atomic E-state index is 0.0922. The largest absolute Gasteiger partial charge is 0.444 e. The number of alkyl halides is 3. The van der Waals surface area contributed by atoms with Gasteiger partial charge in [0.2, 0.25) is 0 Å². The van der Waals surface area contributed by atoms with Crippen molar-refractivity contribution in [1.82, 2.24) is 20.0 Å². The molecule has 11 heteroatoms. The topological polar surface area (TPSA) is 76.5 Å². The van der Waals surface area contributed by atoms with E-state index in [4.69, 9.17) is 16.3 Å². The first-order valence-electron chi connectivity index (χ1n) is 10.0. The van der Waals surface area contributed by atoms with E-state index < -0.39 is 35.0 Å². The minimum Gasteiger partial charge on any atom is -0.444 e. The monoisotopic (exact) mass is 472 g/mol. The van der Waals surface area contributed by atoms with Gasteiger partial charge in [-0.2, -0.15) is 18.3 Å². The Balaban J connectivity index is 1.72. The standard InChI is InChI=1S/C21H24ClF3N4O3/c1-20(2,3)32-19(31)28-9-7-14(8-10-28)27-18(30)16-12-26-29(17(16)21(23,24)25)15-6-4-5-13(22)11-15/h4-6,11-12,14H,7-10H2,1-3H3,(H,27,30). The van der Waals surface area contributed by atoms with Gasteiger partial charge in [-0.3, -0.25) is 4.79 Å². The first-order valence-corrected chi connectivity index (χ1v) is 10.4. The first-order chi connectivity index (χ1) is 14.8. The van der Waals surface area contributed by atoms with Crippen molar-refractivity contribution in [2.75, 3.05) is 13.1 Å². The van der Waals surface area contributed by atoms with Crippen LogP contribution in [0, 0.1) is 0 Å². The van der Waals surface area contributed by atoms with E-state index in [-0.39, 0.29) is 16.8 Å². The highest BCUT2D eigenvalue weighted by atomic mass is 35.5. The van der Waals surface area contributed by atoms with E-state index in [0.717, 1.165) is 6.20 Å². The number of piperidine rings is 1. The summed E-state index contributed by atoms with van der Waals surface area (Å²) in [7, 11) is 0. The van der Waals surface area contributed by atoms with E-state index in [1.807, 2.05) is 0 Å². The third-order valence-corrected chi connectivity index (χ3v) is 5.05. The van der Waals surface area contributed by atoms with Crippen LogP contribution in [0.25, 0.3) is 5.69 Å². The second-order valence-corrected chi connectivity index (χ2v) is 8.95. The second-order valence-electron chi connectivity index (χ2n) is 8.51. The summed E-state index contributed by atoms with van der Waals surface area (Å²) in [5, 5.41) is 6.66. The van der Waals surface area contributed by atoms with E-state index in [1.54, 1.807) is 20.8 Å². The molecule has 2 heterocycles. The minimum atomic E-state index is -4.81. The van der Waals surface area contributed by atoms with Gasteiger partial charge in [0.05, 0.1) is 17.4 Å². The molecule has 7 nitrogen and oxygen atoms in total. The van der Waals surface area contributed by atoms with Gasteiger partial charge in [0, 0.05) is 24.2 Å². The lowest BCUT2D eigenvalue weighted by Crippen LogP contribution is -2.48. The Labute approximate surface area is 188 Å². The molecule has 0 aliphatic carbocycles. The lowest BCUT2D eigenvalue weighted by molar-refractivity contribution is -0.143. The van der Waals surface area contributed by atoms with Crippen molar-refractivity contribution in [2.24, 2.45) is 0 Å². The zero-order chi connectivity index (χ0) is 23.7. The first kappa shape index (κ1) is 23.9. The predicted molar refractivity (Wildman–Crippen MR) is 112 cm³/mol. The number of halogens is 4. The number of amides is 2. The number of benzene rings is 1. The molecule has 1 aromatic heterocycles. The highest BCUT2D eigenvalue weighted by Crippen LogP contribution is 2.34. The fourth-order valence-corrected chi connectivity index (χ4v) is 3.57. The number of likely N-dealkylation sites (tertiary alicyclic amines) is 1. The molecule has 1 fully saturated rings. The van der Waals surface area contributed by atoms with E-state index in [0.29, 0.717) is 30.6 Å². The maximum absolute atomic E-state index is 13.8. The quantitative estimate of drug-likeness (QED) is 0.704. The molecule has 0 radical (unpaired) electrons. The Kier molecular flexibility index (Phi) is 6.73. The molecule has 3 rings (SSSR count). The average molecular weight is 473 g/mol. The zero-order valence-corrected chi connectivity index (χ0v) is 18.6. The van der Waals surface area contributed by atoms with E-state index in [9.17, 15) is 22.8 Å². The summed E-state index contributed by atoms with van der Waals surface area (Å²) in [4.78, 5) is 26.4. The van der Waals surface area contributed by atoms with Crippen molar-refractivity contribution in [3.63, 3.8) is 0 Å². The summed E-state index contributed by atoms with van der Waals surface area (Å²) >= 11 is 5.89. The lowest BCUT2D eigenvalue weighted by Gasteiger charge is -2.33. The molecule has 0 atom stereocenters. The van der Waals surface area contributed by atoms with Gasteiger partial charge in [0.1, 0.15) is 5.60 Å². The van der Waals surface area contributed by atoms with Crippen LogP contribution in [0.1, 0.15) is 49.7 Å². The number of nitrogens with zero attached hydrogens (tertiary/aromatic N) is 3. The number of aromatic nitrogens is 2. The third kappa shape index (κ3) is 5.73. The molecule has 0 unspecified atom stereocenters.